The highest BCUT2D eigenvalue weighted by Gasteiger charge is 2.67. The number of rotatable bonds is 4. The van der Waals surface area contributed by atoms with E-state index in [2.05, 4.69) is 13.8 Å². The van der Waals surface area contributed by atoms with Gasteiger partial charge in [-0.15, -0.1) is 0 Å². The van der Waals surface area contributed by atoms with E-state index in [-0.39, 0.29) is 16.8 Å². The Morgan fingerprint density at radius 2 is 2.00 bits per heavy atom. The number of methoxy groups -OCH3 is 1. The van der Waals surface area contributed by atoms with Crippen LogP contribution < -0.4 is 0 Å². The van der Waals surface area contributed by atoms with Gasteiger partial charge < -0.3 is 9.47 Å². The van der Waals surface area contributed by atoms with E-state index in [0.29, 0.717) is 5.92 Å². The molecule has 1 heterocycles. The largest absolute Gasteiger partial charge is 0.469 e. The zero-order valence-electron chi connectivity index (χ0n) is 9.84. The lowest BCUT2D eigenvalue weighted by molar-refractivity contribution is -0.189. The van der Waals surface area contributed by atoms with Crippen LogP contribution in [0.5, 0.6) is 0 Å². The SMILES string of the molecule is COC(=O)C1(C2(CC(C)C)COC2)CC1. The van der Waals surface area contributed by atoms with Gasteiger partial charge in [-0.05, 0) is 25.2 Å². The second-order valence-corrected chi connectivity index (χ2v) is 5.44. The average Bonchev–Trinajstić information content (AvgIpc) is 2.91. The van der Waals surface area contributed by atoms with Crippen LogP contribution in [0.2, 0.25) is 0 Å². The highest BCUT2D eigenvalue weighted by Crippen LogP contribution is 2.64. The molecule has 0 amide bonds. The molecule has 15 heavy (non-hydrogen) atoms. The summed E-state index contributed by atoms with van der Waals surface area (Å²) in [6, 6.07) is 0. The molecule has 0 aromatic rings. The van der Waals surface area contributed by atoms with E-state index in [0.717, 1.165) is 32.5 Å². The number of ether oxygens (including phenoxy) is 2. The topological polar surface area (TPSA) is 35.5 Å². The molecule has 1 saturated carbocycles. The van der Waals surface area contributed by atoms with Gasteiger partial charge >= 0.3 is 5.97 Å². The predicted octanol–water partition coefficient (Wildman–Crippen LogP) is 2.00. The molecule has 2 aliphatic rings. The summed E-state index contributed by atoms with van der Waals surface area (Å²) in [5.41, 5.74) is -0.126. The Labute approximate surface area is 91.1 Å². The maximum absolute atomic E-state index is 11.8. The minimum absolute atomic E-state index is 0.0218. The van der Waals surface area contributed by atoms with Crippen molar-refractivity contribution in [2.45, 2.75) is 33.1 Å². The third kappa shape index (κ3) is 1.48. The first-order valence-corrected chi connectivity index (χ1v) is 5.72. The van der Waals surface area contributed by atoms with Gasteiger partial charge in [0.05, 0.1) is 25.7 Å². The maximum Gasteiger partial charge on any atom is 0.312 e. The highest BCUT2D eigenvalue weighted by molar-refractivity contribution is 5.81. The van der Waals surface area contributed by atoms with Crippen molar-refractivity contribution < 1.29 is 14.3 Å². The summed E-state index contributed by atoms with van der Waals surface area (Å²) in [5.74, 6) is 0.586. The summed E-state index contributed by atoms with van der Waals surface area (Å²) in [6.07, 6.45) is 3.04. The molecular weight excluding hydrogens is 192 g/mol. The van der Waals surface area contributed by atoms with Crippen molar-refractivity contribution in [3.63, 3.8) is 0 Å². The molecule has 86 valence electrons. The molecule has 1 aliphatic carbocycles. The van der Waals surface area contributed by atoms with Gasteiger partial charge in [0, 0.05) is 5.41 Å². The van der Waals surface area contributed by atoms with E-state index in [1.165, 1.54) is 7.11 Å². The Morgan fingerprint density at radius 1 is 1.40 bits per heavy atom. The average molecular weight is 212 g/mol. The van der Waals surface area contributed by atoms with Crippen LogP contribution in [-0.2, 0) is 14.3 Å². The van der Waals surface area contributed by atoms with E-state index in [1.54, 1.807) is 0 Å². The van der Waals surface area contributed by atoms with Crippen molar-refractivity contribution in [2.75, 3.05) is 20.3 Å². The number of hydrogen-bond acceptors (Lipinski definition) is 3. The summed E-state index contributed by atoms with van der Waals surface area (Å²) in [6.45, 7) is 5.88. The van der Waals surface area contributed by atoms with Crippen molar-refractivity contribution in [3.05, 3.63) is 0 Å². The smallest absolute Gasteiger partial charge is 0.312 e. The molecule has 0 spiro atoms. The Kier molecular flexibility index (Phi) is 2.53. The molecule has 0 atom stereocenters. The lowest BCUT2D eigenvalue weighted by Gasteiger charge is -2.47. The zero-order chi connectivity index (χ0) is 11.1. The first-order valence-electron chi connectivity index (χ1n) is 5.72. The normalized spacial score (nSPS) is 25.9. The van der Waals surface area contributed by atoms with Gasteiger partial charge in [0.2, 0.25) is 0 Å². The molecule has 1 saturated heterocycles. The molecule has 0 bridgehead atoms. The van der Waals surface area contributed by atoms with Gasteiger partial charge in [0.25, 0.3) is 0 Å². The van der Waals surface area contributed by atoms with Gasteiger partial charge in [-0.3, -0.25) is 4.79 Å². The first-order chi connectivity index (χ1) is 7.06. The third-order valence-electron chi connectivity index (χ3n) is 3.90. The summed E-state index contributed by atoms with van der Waals surface area (Å²) >= 11 is 0. The van der Waals surface area contributed by atoms with Crippen LogP contribution in [0.1, 0.15) is 33.1 Å². The summed E-state index contributed by atoms with van der Waals surface area (Å²) < 4.78 is 10.3. The fourth-order valence-electron chi connectivity index (χ4n) is 2.99. The van der Waals surface area contributed by atoms with E-state index in [4.69, 9.17) is 9.47 Å². The lowest BCUT2D eigenvalue weighted by atomic mass is 9.66. The number of esters is 1. The Morgan fingerprint density at radius 3 is 2.27 bits per heavy atom. The van der Waals surface area contributed by atoms with Crippen LogP contribution in [0, 0.1) is 16.7 Å². The van der Waals surface area contributed by atoms with Gasteiger partial charge in [0.15, 0.2) is 0 Å². The second kappa shape index (κ2) is 3.48. The molecule has 2 fully saturated rings. The van der Waals surface area contributed by atoms with E-state index in [9.17, 15) is 4.79 Å². The minimum Gasteiger partial charge on any atom is -0.469 e. The molecule has 1 aliphatic heterocycles. The molecule has 0 unspecified atom stereocenters. The van der Waals surface area contributed by atoms with Crippen LogP contribution in [0.4, 0.5) is 0 Å². The molecule has 0 aromatic heterocycles. The van der Waals surface area contributed by atoms with Gasteiger partial charge in [-0.25, -0.2) is 0 Å². The van der Waals surface area contributed by atoms with Gasteiger partial charge in [0.1, 0.15) is 0 Å². The molecule has 3 nitrogen and oxygen atoms in total. The summed E-state index contributed by atoms with van der Waals surface area (Å²) in [5, 5.41) is 0. The zero-order valence-corrected chi connectivity index (χ0v) is 9.84. The van der Waals surface area contributed by atoms with Crippen molar-refractivity contribution in [3.8, 4) is 0 Å². The first kappa shape index (κ1) is 10.9. The minimum atomic E-state index is -0.204. The standard InChI is InChI=1S/C12H20O3/c1-9(2)6-11(7-15-8-11)12(4-5-12)10(13)14-3/h9H,4-8H2,1-3H3. The van der Waals surface area contributed by atoms with Crippen molar-refractivity contribution in [1.29, 1.82) is 0 Å². The summed E-state index contributed by atoms with van der Waals surface area (Å²) in [7, 11) is 1.49. The van der Waals surface area contributed by atoms with Crippen molar-refractivity contribution >= 4 is 5.97 Å². The molecule has 0 N–H and O–H groups in total. The Hall–Kier alpha value is -0.570. The van der Waals surface area contributed by atoms with E-state index < -0.39 is 0 Å². The molecule has 0 radical (unpaired) electrons. The number of hydrogen-bond donors (Lipinski definition) is 0. The fraction of sp³-hybridized carbons (Fsp3) is 0.917. The fourth-order valence-corrected chi connectivity index (χ4v) is 2.99. The lowest BCUT2D eigenvalue weighted by Crippen LogP contribution is -2.53. The number of carbonyl (C=O) groups excluding carboxylic acids is 1. The third-order valence-corrected chi connectivity index (χ3v) is 3.90. The quantitative estimate of drug-likeness (QED) is 0.669. The van der Waals surface area contributed by atoms with Crippen LogP contribution in [0.25, 0.3) is 0 Å². The van der Waals surface area contributed by atoms with Crippen LogP contribution in [0.3, 0.4) is 0 Å². The Balaban J connectivity index is 2.15. The molecule has 2 rings (SSSR count). The van der Waals surface area contributed by atoms with Crippen LogP contribution in [-0.4, -0.2) is 26.3 Å². The molecule has 3 heteroatoms. The van der Waals surface area contributed by atoms with E-state index >= 15 is 0 Å². The van der Waals surface area contributed by atoms with Crippen molar-refractivity contribution in [2.24, 2.45) is 16.7 Å². The van der Waals surface area contributed by atoms with Gasteiger partial charge in [-0.1, -0.05) is 13.8 Å². The van der Waals surface area contributed by atoms with Crippen LogP contribution >= 0.6 is 0 Å². The monoisotopic (exact) mass is 212 g/mol. The van der Waals surface area contributed by atoms with Crippen LogP contribution in [0.15, 0.2) is 0 Å². The van der Waals surface area contributed by atoms with Gasteiger partial charge in [-0.2, -0.15) is 0 Å². The molecular formula is C12H20O3. The van der Waals surface area contributed by atoms with E-state index in [1.807, 2.05) is 0 Å². The Bertz CT molecular complexity index is 262. The van der Waals surface area contributed by atoms with Crippen molar-refractivity contribution in [1.82, 2.24) is 0 Å². The second-order valence-electron chi connectivity index (χ2n) is 5.44. The highest BCUT2D eigenvalue weighted by atomic mass is 16.5. The number of carbonyl (C=O) groups is 1. The maximum atomic E-state index is 11.8. The summed E-state index contributed by atoms with van der Waals surface area (Å²) in [4.78, 5) is 11.8. The predicted molar refractivity (Wildman–Crippen MR) is 56.4 cm³/mol. The molecule has 0 aromatic carbocycles.